The fraction of sp³-hybridized carbons (Fsp3) is 0.0769. The van der Waals surface area contributed by atoms with E-state index in [1.165, 1.54) is 6.20 Å². The van der Waals surface area contributed by atoms with Gasteiger partial charge in [-0.1, -0.05) is 15.9 Å². The molecule has 0 aliphatic heterocycles. The van der Waals surface area contributed by atoms with Crippen LogP contribution < -0.4 is 5.32 Å². The molecule has 2 aromatic rings. The molecular formula is C13H10Br2N2O2. The van der Waals surface area contributed by atoms with E-state index >= 15 is 0 Å². The van der Waals surface area contributed by atoms with Gasteiger partial charge in [0.1, 0.15) is 0 Å². The highest BCUT2D eigenvalue weighted by atomic mass is 79.9. The Hall–Kier alpha value is -1.40. The van der Waals surface area contributed by atoms with E-state index in [1.807, 2.05) is 24.3 Å². The van der Waals surface area contributed by atoms with E-state index in [4.69, 9.17) is 0 Å². The second-order valence-corrected chi connectivity index (χ2v) is 5.69. The molecule has 0 aliphatic rings. The van der Waals surface area contributed by atoms with Crippen molar-refractivity contribution < 1.29 is 9.90 Å². The minimum absolute atomic E-state index is 0.588. The molecule has 0 fully saturated rings. The smallest absolute Gasteiger partial charge is 0.330 e. The number of rotatable bonds is 4. The van der Waals surface area contributed by atoms with Gasteiger partial charge in [-0.25, -0.2) is 4.79 Å². The molecule has 1 unspecified atom stereocenters. The topological polar surface area (TPSA) is 62.2 Å². The number of aromatic nitrogens is 1. The molecular weight excluding hydrogens is 376 g/mol. The number of carboxylic acids is 1. The zero-order chi connectivity index (χ0) is 13.8. The van der Waals surface area contributed by atoms with E-state index in [0.29, 0.717) is 5.56 Å². The fourth-order valence-corrected chi connectivity index (χ4v) is 2.23. The Morgan fingerprint density at radius 1 is 1.16 bits per heavy atom. The van der Waals surface area contributed by atoms with E-state index < -0.39 is 12.0 Å². The average molecular weight is 386 g/mol. The first-order valence-electron chi connectivity index (χ1n) is 5.41. The van der Waals surface area contributed by atoms with Gasteiger partial charge in [0.05, 0.1) is 0 Å². The van der Waals surface area contributed by atoms with Crippen molar-refractivity contribution in [3.8, 4) is 0 Å². The summed E-state index contributed by atoms with van der Waals surface area (Å²) < 4.78 is 1.68. The molecule has 1 aromatic heterocycles. The Kier molecular flexibility index (Phi) is 4.55. The van der Waals surface area contributed by atoms with Gasteiger partial charge < -0.3 is 10.4 Å². The number of benzene rings is 1. The van der Waals surface area contributed by atoms with Gasteiger partial charge in [0.15, 0.2) is 6.04 Å². The number of carboxylic acid groups (broad SMARTS) is 1. The van der Waals surface area contributed by atoms with E-state index in [9.17, 15) is 9.90 Å². The lowest BCUT2D eigenvalue weighted by molar-refractivity contribution is -0.138. The van der Waals surface area contributed by atoms with E-state index in [2.05, 4.69) is 42.2 Å². The molecule has 2 rings (SSSR count). The van der Waals surface area contributed by atoms with Crippen LogP contribution in [-0.2, 0) is 4.79 Å². The molecule has 0 saturated carbocycles. The molecule has 0 bridgehead atoms. The highest BCUT2D eigenvalue weighted by Gasteiger charge is 2.20. The van der Waals surface area contributed by atoms with Crippen molar-refractivity contribution in [3.05, 3.63) is 57.2 Å². The highest BCUT2D eigenvalue weighted by Crippen LogP contribution is 2.23. The summed E-state index contributed by atoms with van der Waals surface area (Å²) in [4.78, 5) is 15.4. The lowest BCUT2D eigenvalue weighted by Gasteiger charge is -2.16. The van der Waals surface area contributed by atoms with Crippen molar-refractivity contribution in [2.24, 2.45) is 0 Å². The third-order valence-corrected chi connectivity index (χ3v) is 3.42. The molecule has 0 aliphatic carbocycles. The fourth-order valence-electron chi connectivity index (χ4n) is 1.59. The number of nitrogens with zero attached hydrogens (tertiary/aromatic N) is 1. The maximum absolute atomic E-state index is 11.4. The number of aliphatic carboxylic acids is 1. The Morgan fingerprint density at radius 3 is 2.42 bits per heavy atom. The van der Waals surface area contributed by atoms with Crippen molar-refractivity contribution in [2.45, 2.75) is 6.04 Å². The Morgan fingerprint density at radius 2 is 1.84 bits per heavy atom. The normalized spacial score (nSPS) is 11.9. The largest absolute Gasteiger partial charge is 0.479 e. The van der Waals surface area contributed by atoms with Gasteiger partial charge in [0.2, 0.25) is 0 Å². The molecule has 19 heavy (non-hydrogen) atoms. The van der Waals surface area contributed by atoms with Crippen molar-refractivity contribution in [1.29, 1.82) is 0 Å². The van der Waals surface area contributed by atoms with E-state index in [-0.39, 0.29) is 0 Å². The number of carbonyl (C=O) groups is 1. The number of nitrogens with one attached hydrogen (secondary N) is 1. The summed E-state index contributed by atoms with van der Waals surface area (Å²) in [6.45, 7) is 0. The van der Waals surface area contributed by atoms with Gasteiger partial charge in [-0.05, 0) is 46.3 Å². The molecule has 1 heterocycles. The number of hydrogen-bond acceptors (Lipinski definition) is 3. The van der Waals surface area contributed by atoms with Crippen LogP contribution in [0.15, 0.2) is 51.7 Å². The summed E-state index contributed by atoms with van der Waals surface area (Å²) in [6, 6.07) is 8.21. The Bertz CT molecular complexity index is 587. The van der Waals surface area contributed by atoms with Crippen molar-refractivity contribution >= 4 is 43.5 Å². The van der Waals surface area contributed by atoms with Gasteiger partial charge in [0, 0.05) is 32.6 Å². The van der Waals surface area contributed by atoms with Crippen LogP contribution >= 0.6 is 31.9 Å². The lowest BCUT2D eigenvalue weighted by Crippen LogP contribution is -2.20. The maximum atomic E-state index is 11.4. The second kappa shape index (κ2) is 6.16. The minimum atomic E-state index is -0.956. The van der Waals surface area contributed by atoms with Crippen LogP contribution in [0, 0.1) is 0 Å². The molecule has 0 spiro atoms. The number of halogens is 2. The average Bonchev–Trinajstić information content (AvgIpc) is 2.37. The second-order valence-electron chi connectivity index (χ2n) is 3.86. The predicted molar refractivity (Wildman–Crippen MR) is 80.1 cm³/mol. The van der Waals surface area contributed by atoms with Crippen LogP contribution in [-0.4, -0.2) is 16.1 Å². The van der Waals surface area contributed by atoms with Gasteiger partial charge in [-0.3, -0.25) is 4.98 Å². The molecule has 0 radical (unpaired) electrons. The molecule has 2 N–H and O–H groups in total. The predicted octanol–water partition coefficient (Wildman–Crippen LogP) is 3.84. The monoisotopic (exact) mass is 384 g/mol. The van der Waals surface area contributed by atoms with Gasteiger partial charge >= 0.3 is 5.97 Å². The highest BCUT2D eigenvalue weighted by molar-refractivity contribution is 9.10. The molecule has 1 atom stereocenters. The SMILES string of the molecule is O=C(O)C(Nc1ccc(Br)cc1)c1cncc(Br)c1. The van der Waals surface area contributed by atoms with Crippen LogP contribution in [0.4, 0.5) is 5.69 Å². The van der Waals surface area contributed by atoms with Crippen LogP contribution in [0.3, 0.4) is 0 Å². The third kappa shape index (κ3) is 3.78. The molecule has 0 amide bonds. The van der Waals surface area contributed by atoms with Crippen molar-refractivity contribution in [2.75, 3.05) is 5.32 Å². The maximum Gasteiger partial charge on any atom is 0.330 e. The van der Waals surface area contributed by atoms with Crippen LogP contribution in [0.25, 0.3) is 0 Å². The summed E-state index contributed by atoms with van der Waals surface area (Å²) in [5.74, 6) is -0.956. The zero-order valence-electron chi connectivity index (χ0n) is 9.68. The van der Waals surface area contributed by atoms with Crippen LogP contribution in [0.1, 0.15) is 11.6 Å². The first-order valence-corrected chi connectivity index (χ1v) is 7.00. The van der Waals surface area contributed by atoms with Gasteiger partial charge in [0.25, 0.3) is 0 Å². The molecule has 1 aromatic carbocycles. The van der Waals surface area contributed by atoms with Crippen molar-refractivity contribution in [3.63, 3.8) is 0 Å². The van der Waals surface area contributed by atoms with E-state index in [1.54, 1.807) is 12.3 Å². The Balaban J connectivity index is 2.26. The summed E-state index contributed by atoms with van der Waals surface area (Å²) in [7, 11) is 0. The van der Waals surface area contributed by atoms with Gasteiger partial charge in [-0.2, -0.15) is 0 Å². The van der Waals surface area contributed by atoms with Crippen LogP contribution in [0.5, 0.6) is 0 Å². The summed E-state index contributed by atoms with van der Waals surface area (Å²) >= 11 is 6.62. The lowest BCUT2D eigenvalue weighted by atomic mass is 10.1. The van der Waals surface area contributed by atoms with E-state index in [0.717, 1.165) is 14.6 Å². The molecule has 6 heteroatoms. The summed E-state index contributed by atoms with van der Waals surface area (Å²) in [6.07, 6.45) is 3.15. The number of hydrogen-bond donors (Lipinski definition) is 2. The quantitative estimate of drug-likeness (QED) is 0.839. The number of anilines is 1. The molecule has 4 nitrogen and oxygen atoms in total. The summed E-state index contributed by atoms with van der Waals surface area (Å²) in [5.41, 5.74) is 1.32. The standard InChI is InChI=1S/C13H10Br2N2O2/c14-9-1-3-11(4-2-9)17-12(13(18)19)8-5-10(15)7-16-6-8/h1-7,12,17H,(H,18,19). The molecule has 0 saturated heterocycles. The minimum Gasteiger partial charge on any atom is -0.479 e. The molecule has 98 valence electrons. The Labute approximate surface area is 127 Å². The first-order chi connectivity index (χ1) is 9.06. The van der Waals surface area contributed by atoms with Crippen LogP contribution in [0.2, 0.25) is 0 Å². The van der Waals surface area contributed by atoms with Gasteiger partial charge in [-0.15, -0.1) is 0 Å². The van der Waals surface area contributed by atoms with Crippen molar-refractivity contribution in [1.82, 2.24) is 4.98 Å². The zero-order valence-corrected chi connectivity index (χ0v) is 12.8. The number of pyridine rings is 1. The third-order valence-electron chi connectivity index (χ3n) is 2.46. The first kappa shape index (κ1) is 14.0. The summed E-state index contributed by atoms with van der Waals surface area (Å²) in [5, 5.41) is 12.3.